The molecule has 0 heterocycles. The zero-order valence-electron chi connectivity index (χ0n) is 10.5. The van der Waals surface area contributed by atoms with Crippen molar-refractivity contribution < 1.29 is 4.79 Å². The van der Waals surface area contributed by atoms with Gasteiger partial charge in [-0.3, -0.25) is 4.79 Å². The molecule has 0 saturated heterocycles. The molecule has 1 rings (SSSR count). The molecule has 0 bridgehead atoms. The Balaban J connectivity index is 3.01. The van der Waals surface area contributed by atoms with Crippen LogP contribution in [0.2, 0.25) is 0 Å². The second-order valence-electron chi connectivity index (χ2n) is 5.29. The van der Waals surface area contributed by atoms with Gasteiger partial charge in [0.1, 0.15) is 0 Å². The highest BCUT2D eigenvalue weighted by Crippen LogP contribution is 2.41. The summed E-state index contributed by atoms with van der Waals surface area (Å²) in [5.41, 5.74) is 0.991. The van der Waals surface area contributed by atoms with Crippen LogP contribution in [-0.2, 0) is 4.79 Å². The molecule has 1 nitrogen and oxygen atoms in total. The lowest BCUT2D eigenvalue weighted by Gasteiger charge is -2.38. The molecule has 84 valence electrons. The van der Waals surface area contributed by atoms with E-state index in [2.05, 4.69) is 32.9 Å². The van der Waals surface area contributed by atoms with Gasteiger partial charge in [0.05, 0.1) is 0 Å². The van der Waals surface area contributed by atoms with Crippen LogP contribution in [-0.4, -0.2) is 5.78 Å². The largest absolute Gasteiger partial charge is 0.294 e. The maximum Gasteiger partial charge on any atom is 0.162 e. The summed E-state index contributed by atoms with van der Waals surface area (Å²) in [6.07, 6.45) is 7.31. The van der Waals surface area contributed by atoms with Crippen LogP contribution in [0.15, 0.2) is 23.8 Å². The van der Waals surface area contributed by atoms with E-state index in [0.29, 0.717) is 11.7 Å². The summed E-state index contributed by atoms with van der Waals surface area (Å²) < 4.78 is 0. The van der Waals surface area contributed by atoms with Crippen LogP contribution in [0.3, 0.4) is 0 Å². The molecule has 0 aliphatic heterocycles. The third-order valence-electron chi connectivity index (χ3n) is 3.56. The zero-order chi connectivity index (χ0) is 11.6. The highest BCUT2D eigenvalue weighted by atomic mass is 16.1. The molecule has 0 spiro atoms. The van der Waals surface area contributed by atoms with Crippen molar-refractivity contribution in [2.75, 3.05) is 0 Å². The van der Waals surface area contributed by atoms with Crippen LogP contribution in [0, 0.1) is 17.3 Å². The smallest absolute Gasteiger partial charge is 0.162 e. The molecule has 0 amide bonds. The van der Waals surface area contributed by atoms with E-state index in [4.69, 9.17) is 0 Å². The van der Waals surface area contributed by atoms with Crippen molar-refractivity contribution in [3.63, 3.8) is 0 Å². The van der Waals surface area contributed by atoms with Crippen molar-refractivity contribution >= 4 is 5.78 Å². The number of hydrogen-bond donors (Lipinski definition) is 0. The average Bonchev–Trinajstić information content (AvgIpc) is 2.14. The molecular weight excluding hydrogens is 184 g/mol. The Morgan fingerprint density at radius 3 is 2.53 bits per heavy atom. The topological polar surface area (TPSA) is 17.1 Å². The number of carbonyl (C=O) groups is 1. The van der Waals surface area contributed by atoms with E-state index in [1.165, 1.54) is 0 Å². The van der Waals surface area contributed by atoms with Crippen LogP contribution < -0.4 is 0 Å². The van der Waals surface area contributed by atoms with E-state index in [0.717, 1.165) is 12.0 Å². The molecule has 15 heavy (non-hydrogen) atoms. The number of allylic oxidation sites excluding steroid dienone is 4. The van der Waals surface area contributed by atoms with Crippen molar-refractivity contribution in [1.82, 2.24) is 0 Å². The van der Waals surface area contributed by atoms with Crippen LogP contribution in [0.5, 0.6) is 0 Å². The van der Waals surface area contributed by atoms with Gasteiger partial charge in [-0.15, -0.1) is 0 Å². The molecule has 2 atom stereocenters. The molecule has 0 aromatic rings. The van der Waals surface area contributed by atoms with Gasteiger partial charge in [0.15, 0.2) is 5.78 Å². The quantitative estimate of drug-likeness (QED) is 0.496. The van der Waals surface area contributed by atoms with Gasteiger partial charge >= 0.3 is 0 Å². The molecule has 0 saturated carbocycles. The summed E-state index contributed by atoms with van der Waals surface area (Å²) in [4.78, 5) is 12.3. The van der Waals surface area contributed by atoms with Gasteiger partial charge in [0, 0.05) is 5.92 Å². The fraction of sp³-hybridized carbons (Fsp3) is 0.643. The molecular formula is C14H22O. The number of hydrogen-bond acceptors (Lipinski definition) is 1. The second kappa shape index (κ2) is 4.34. The number of rotatable bonds is 2. The van der Waals surface area contributed by atoms with Crippen molar-refractivity contribution in [2.45, 2.75) is 41.0 Å². The Labute approximate surface area is 93.3 Å². The summed E-state index contributed by atoms with van der Waals surface area (Å²) in [5.74, 6) is 0.814. The van der Waals surface area contributed by atoms with Gasteiger partial charge in [-0.05, 0) is 37.2 Å². The number of Topliss-reactive ketones (excluding diaryl/α,β-unsaturated/α-hetero) is 1. The number of ketones is 1. The van der Waals surface area contributed by atoms with Crippen LogP contribution >= 0.6 is 0 Å². The lowest BCUT2D eigenvalue weighted by molar-refractivity contribution is -0.124. The van der Waals surface area contributed by atoms with E-state index in [-0.39, 0.29) is 11.3 Å². The number of carbonyl (C=O) groups excluding carboxylic acids is 1. The third-order valence-corrected chi connectivity index (χ3v) is 3.56. The molecule has 2 unspecified atom stereocenters. The maximum atomic E-state index is 12.3. The highest BCUT2D eigenvalue weighted by Gasteiger charge is 2.39. The van der Waals surface area contributed by atoms with Crippen LogP contribution in [0.1, 0.15) is 41.0 Å². The Kier molecular flexibility index (Phi) is 3.54. The Morgan fingerprint density at radius 1 is 1.47 bits per heavy atom. The van der Waals surface area contributed by atoms with E-state index < -0.39 is 0 Å². The molecule has 0 fully saturated rings. The van der Waals surface area contributed by atoms with E-state index in [1.54, 1.807) is 0 Å². The minimum absolute atomic E-state index is 0.0928. The van der Waals surface area contributed by atoms with Gasteiger partial charge in [-0.2, -0.15) is 0 Å². The first-order valence-electron chi connectivity index (χ1n) is 5.74. The van der Waals surface area contributed by atoms with Crippen molar-refractivity contribution in [3.05, 3.63) is 23.8 Å². The Bertz CT molecular complexity index is 307. The fourth-order valence-corrected chi connectivity index (χ4v) is 2.52. The summed E-state index contributed by atoms with van der Waals surface area (Å²) in [6.45, 7) is 10.4. The fourth-order valence-electron chi connectivity index (χ4n) is 2.52. The van der Waals surface area contributed by atoms with Gasteiger partial charge in [0.2, 0.25) is 0 Å². The van der Waals surface area contributed by atoms with Gasteiger partial charge in [-0.1, -0.05) is 39.0 Å². The molecule has 1 heteroatoms. The van der Waals surface area contributed by atoms with Crippen molar-refractivity contribution in [1.29, 1.82) is 0 Å². The first-order valence-corrected chi connectivity index (χ1v) is 5.74. The molecule has 0 aromatic carbocycles. The van der Waals surface area contributed by atoms with E-state index in [9.17, 15) is 4.79 Å². The Hall–Kier alpha value is -0.850. The average molecular weight is 206 g/mol. The summed E-state index contributed by atoms with van der Waals surface area (Å²) in [5, 5.41) is 0. The Morgan fingerprint density at radius 2 is 2.07 bits per heavy atom. The predicted octanol–water partition coefficient (Wildman–Crippen LogP) is 3.76. The monoisotopic (exact) mass is 206 g/mol. The first-order chi connectivity index (χ1) is 6.90. The molecule has 0 radical (unpaired) electrons. The van der Waals surface area contributed by atoms with Crippen molar-refractivity contribution in [3.8, 4) is 0 Å². The maximum absolute atomic E-state index is 12.3. The highest BCUT2D eigenvalue weighted by molar-refractivity contribution is 5.97. The SMILES string of the molecule is C/C=C(\C)C(=O)C1C(C)C=CCC1(C)C. The van der Waals surface area contributed by atoms with Gasteiger partial charge < -0.3 is 0 Å². The minimum atomic E-state index is 0.0928. The summed E-state index contributed by atoms with van der Waals surface area (Å²) in [7, 11) is 0. The van der Waals surface area contributed by atoms with E-state index in [1.807, 2.05) is 19.9 Å². The summed E-state index contributed by atoms with van der Waals surface area (Å²) in [6, 6.07) is 0. The molecule has 1 aliphatic carbocycles. The normalized spacial score (nSPS) is 30.3. The molecule has 0 aromatic heterocycles. The molecule has 1 aliphatic rings. The molecule has 0 N–H and O–H groups in total. The van der Waals surface area contributed by atoms with E-state index >= 15 is 0 Å². The second-order valence-corrected chi connectivity index (χ2v) is 5.29. The third kappa shape index (κ3) is 2.39. The lowest BCUT2D eigenvalue weighted by atomic mass is 9.64. The standard InChI is InChI=1S/C14H22O/c1-6-10(2)13(15)12-11(3)8-7-9-14(12,4)5/h6-8,11-12H,9H2,1-5H3/b10-6+. The van der Waals surface area contributed by atoms with Crippen LogP contribution in [0.25, 0.3) is 0 Å². The van der Waals surface area contributed by atoms with Gasteiger partial charge in [0.25, 0.3) is 0 Å². The van der Waals surface area contributed by atoms with Crippen molar-refractivity contribution in [2.24, 2.45) is 17.3 Å². The van der Waals surface area contributed by atoms with Crippen LogP contribution in [0.4, 0.5) is 0 Å². The predicted molar refractivity (Wildman–Crippen MR) is 64.6 cm³/mol. The minimum Gasteiger partial charge on any atom is -0.294 e. The van der Waals surface area contributed by atoms with Gasteiger partial charge in [-0.25, -0.2) is 0 Å². The summed E-state index contributed by atoms with van der Waals surface area (Å²) >= 11 is 0. The first kappa shape index (κ1) is 12.2. The lowest BCUT2D eigenvalue weighted by Crippen LogP contribution is -2.37. The zero-order valence-corrected chi connectivity index (χ0v) is 10.5.